The van der Waals surface area contributed by atoms with Crippen LogP contribution in [0, 0.1) is 0 Å². The summed E-state index contributed by atoms with van der Waals surface area (Å²) in [4.78, 5) is 2.25. The van der Waals surface area contributed by atoms with Crippen LogP contribution in [-0.2, 0) is 0 Å². The molecule has 0 fully saturated rings. The molecule has 142 valence electrons. The van der Waals surface area contributed by atoms with Crippen LogP contribution >= 0.6 is 31.9 Å². The smallest absolute Gasteiger partial charge is 0.0462 e. The molecule has 0 heterocycles. The third kappa shape index (κ3) is 4.52. The molecule has 0 spiro atoms. The Hall–Kier alpha value is -2.62. The van der Waals surface area contributed by atoms with Crippen molar-refractivity contribution in [2.24, 2.45) is 0 Å². The molecule has 0 saturated heterocycles. The number of anilines is 3. The van der Waals surface area contributed by atoms with Crippen LogP contribution < -0.4 is 4.90 Å². The minimum atomic E-state index is 1.07. The minimum absolute atomic E-state index is 1.07. The summed E-state index contributed by atoms with van der Waals surface area (Å²) < 4.78 is 2.13. The lowest BCUT2D eigenvalue weighted by molar-refractivity contribution is 1.28. The highest BCUT2D eigenvalue weighted by molar-refractivity contribution is 9.10. The van der Waals surface area contributed by atoms with Crippen LogP contribution in [0.25, 0.3) is 17.2 Å². The summed E-state index contributed by atoms with van der Waals surface area (Å²) in [6, 6.07) is 33.9. The van der Waals surface area contributed by atoms with Crippen molar-refractivity contribution in [3.63, 3.8) is 0 Å². The van der Waals surface area contributed by atoms with Gasteiger partial charge in [-0.3, -0.25) is 0 Å². The first-order valence-corrected chi connectivity index (χ1v) is 10.9. The van der Waals surface area contributed by atoms with E-state index in [9.17, 15) is 0 Å². The molecule has 0 N–H and O–H groups in total. The number of halogens is 2. The van der Waals surface area contributed by atoms with Crippen molar-refractivity contribution in [3.05, 3.63) is 118 Å². The fourth-order valence-corrected chi connectivity index (χ4v) is 3.77. The van der Waals surface area contributed by atoms with E-state index in [0.717, 1.165) is 31.6 Å². The Morgan fingerprint density at radius 1 is 0.517 bits per heavy atom. The fraction of sp³-hybridized carbons (Fsp3) is 0. The molecule has 3 heteroatoms. The van der Waals surface area contributed by atoms with Gasteiger partial charge in [0.2, 0.25) is 0 Å². The zero-order valence-corrected chi connectivity index (χ0v) is 18.9. The first kappa shape index (κ1) is 19.7. The van der Waals surface area contributed by atoms with Crippen LogP contribution in [0.2, 0.25) is 0 Å². The maximum Gasteiger partial charge on any atom is 0.0462 e. The Balaban J connectivity index is 1.72. The van der Waals surface area contributed by atoms with Gasteiger partial charge >= 0.3 is 0 Å². The van der Waals surface area contributed by atoms with E-state index >= 15 is 0 Å². The van der Waals surface area contributed by atoms with Gasteiger partial charge in [0, 0.05) is 26.0 Å². The monoisotopic (exact) mass is 503 g/mol. The van der Waals surface area contributed by atoms with Gasteiger partial charge in [-0.1, -0.05) is 80.9 Å². The van der Waals surface area contributed by atoms with Gasteiger partial charge in [0.1, 0.15) is 0 Å². The van der Waals surface area contributed by atoms with Crippen molar-refractivity contribution < 1.29 is 0 Å². The van der Waals surface area contributed by atoms with E-state index in [2.05, 4.69) is 140 Å². The number of hydrogen-bond donors (Lipinski definition) is 0. The van der Waals surface area contributed by atoms with Gasteiger partial charge in [-0.15, -0.1) is 0 Å². The minimum Gasteiger partial charge on any atom is -0.311 e. The van der Waals surface area contributed by atoms with Crippen molar-refractivity contribution >= 4 is 55.0 Å². The predicted octanol–water partition coefficient (Wildman–Crippen LogP) is 8.99. The molecule has 1 nitrogen and oxygen atoms in total. The molecule has 0 bridgehead atoms. The zero-order chi connectivity index (χ0) is 20.2. The first-order valence-electron chi connectivity index (χ1n) is 9.28. The number of nitrogens with zero attached hydrogens (tertiary/aromatic N) is 1. The van der Waals surface area contributed by atoms with Crippen molar-refractivity contribution in [3.8, 4) is 11.1 Å². The molecule has 0 aliphatic carbocycles. The van der Waals surface area contributed by atoms with Crippen molar-refractivity contribution in [2.75, 3.05) is 4.90 Å². The van der Waals surface area contributed by atoms with Crippen LogP contribution in [0.5, 0.6) is 0 Å². The Morgan fingerprint density at radius 3 is 1.24 bits per heavy atom. The van der Waals surface area contributed by atoms with Crippen LogP contribution in [0.3, 0.4) is 0 Å². The molecule has 0 aliphatic heterocycles. The van der Waals surface area contributed by atoms with E-state index in [4.69, 9.17) is 0 Å². The number of rotatable bonds is 5. The quantitative estimate of drug-likeness (QED) is 0.262. The maximum atomic E-state index is 3.82. The second kappa shape index (κ2) is 8.81. The highest BCUT2D eigenvalue weighted by Gasteiger charge is 2.12. The van der Waals surface area contributed by atoms with Gasteiger partial charge in [0.05, 0.1) is 0 Å². The van der Waals surface area contributed by atoms with E-state index < -0.39 is 0 Å². The normalized spacial score (nSPS) is 10.6. The predicted molar refractivity (Wildman–Crippen MR) is 132 cm³/mol. The van der Waals surface area contributed by atoms with Crippen molar-refractivity contribution in [2.45, 2.75) is 0 Å². The molecule has 0 aliphatic rings. The van der Waals surface area contributed by atoms with E-state index in [1.807, 2.05) is 6.08 Å². The fourth-order valence-electron chi connectivity index (χ4n) is 3.24. The lowest BCUT2D eigenvalue weighted by atomic mass is 10.0. The molecular formula is C26H19Br2N. The third-order valence-electron chi connectivity index (χ3n) is 4.77. The first-order chi connectivity index (χ1) is 14.1. The van der Waals surface area contributed by atoms with Gasteiger partial charge in [-0.2, -0.15) is 0 Å². The summed E-state index contributed by atoms with van der Waals surface area (Å²) >= 11 is 7.06. The van der Waals surface area contributed by atoms with Crippen LogP contribution in [0.4, 0.5) is 17.1 Å². The Kier molecular flexibility index (Phi) is 5.98. The molecule has 0 unspecified atom stereocenters. The molecular weight excluding hydrogens is 486 g/mol. The second-order valence-corrected chi connectivity index (χ2v) is 8.49. The topological polar surface area (TPSA) is 3.24 Å². The van der Waals surface area contributed by atoms with Crippen molar-refractivity contribution in [1.29, 1.82) is 0 Å². The third-order valence-corrected chi connectivity index (χ3v) is 5.83. The van der Waals surface area contributed by atoms with Crippen LogP contribution in [0.1, 0.15) is 5.56 Å². The molecule has 4 aromatic carbocycles. The highest BCUT2D eigenvalue weighted by Crippen LogP contribution is 2.36. The Labute approximate surface area is 188 Å². The summed E-state index contributed by atoms with van der Waals surface area (Å²) in [7, 11) is 0. The average molecular weight is 505 g/mol. The van der Waals surface area contributed by atoms with Crippen LogP contribution in [-0.4, -0.2) is 0 Å². The van der Waals surface area contributed by atoms with Crippen LogP contribution in [0.15, 0.2) is 113 Å². The molecule has 0 amide bonds. The van der Waals surface area contributed by atoms with Gasteiger partial charge in [-0.05, 0) is 77.4 Å². The lowest BCUT2D eigenvalue weighted by Gasteiger charge is -2.25. The summed E-state index contributed by atoms with van der Waals surface area (Å²) in [6.07, 6.45) is 1.86. The molecule has 29 heavy (non-hydrogen) atoms. The van der Waals surface area contributed by atoms with E-state index in [0.29, 0.717) is 0 Å². The Bertz CT molecular complexity index is 1050. The van der Waals surface area contributed by atoms with E-state index in [1.54, 1.807) is 0 Å². The van der Waals surface area contributed by atoms with Gasteiger partial charge < -0.3 is 4.90 Å². The standard InChI is InChI=1S/C26H19Br2N/c1-2-19-3-5-20(6-4-19)21-7-13-24(14-8-21)29(25-15-9-22(27)10-16-25)26-17-11-23(28)12-18-26/h2-18H,1H2. The average Bonchev–Trinajstić information content (AvgIpc) is 2.77. The van der Waals surface area contributed by atoms with Gasteiger partial charge in [0.15, 0.2) is 0 Å². The molecule has 0 saturated carbocycles. The molecule has 0 radical (unpaired) electrons. The van der Waals surface area contributed by atoms with E-state index in [1.165, 1.54) is 11.1 Å². The summed E-state index contributed by atoms with van der Waals surface area (Å²) in [5, 5.41) is 0. The van der Waals surface area contributed by atoms with Gasteiger partial charge in [0.25, 0.3) is 0 Å². The second-order valence-electron chi connectivity index (χ2n) is 6.66. The summed E-state index contributed by atoms with van der Waals surface area (Å²) in [5.41, 5.74) is 6.84. The highest BCUT2D eigenvalue weighted by atomic mass is 79.9. The SMILES string of the molecule is C=Cc1ccc(-c2ccc(N(c3ccc(Br)cc3)c3ccc(Br)cc3)cc2)cc1. The molecule has 4 aromatic rings. The summed E-state index contributed by atoms with van der Waals surface area (Å²) in [6.45, 7) is 3.82. The maximum absolute atomic E-state index is 3.82. The number of hydrogen-bond acceptors (Lipinski definition) is 1. The largest absolute Gasteiger partial charge is 0.311 e. The lowest BCUT2D eigenvalue weighted by Crippen LogP contribution is -2.09. The van der Waals surface area contributed by atoms with E-state index in [-0.39, 0.29) is 0 Å². The van der Waals surface area contributed by atoms with Gasteiger partial charge in [-0.25, -0.2) is 0 Å². The number of benzene rings is 4. The molecule has 0 aromatic heterocycles. The Morgan fingerprint density at radius 2 is 0.862 bits per heavy atom. The zero-order valence-electron chi connectivity index (χ0n) is 15.7. The molecule has 4 rings (SSSR count). The summed E-state index contributed by atoms with van der Waals surface area (Å²) in [5.74, 6) is 0. The molecule has 0 atom stereocenters. The van der Waals surface area contributed by atoms with Crippen molar-refractivity contribution in [1.82, 2.24) is 0 Å².